The van der Waals surface area contributed by atoms with Gasteiger partial charge in [0.05, 0.1) is 0 Å². The molecule has 0 aliphatic heterocycles. The van der Waals surface area contributed by atoms with E-state index in [1.165, 1.54) is 16.7 Å². The summed E-state index contributed by atoms with van der Waals surface area (Å²) in [4.78, 5) is 0. The van der Waals surface area contributed by atoms with Crippen LogP contribution in [0.1, 0.15) is 79.0 Å². The van der Waals surface area contributed by atoms with Gasteiger partial charge in [0.1, 0.15) is 0 Å². The normalized spacial score (nSPS) is 15.1. The Kier molecular flexibility index (Phi) is 6.00. The van der Waals surface area contributed by atoms with Crippen LogP contribution in [0.15, 0.2) is 12.1 Å². The molecule has 128 valence electrons. The van der Waals surface area contributed by atoms with Crippen LogP contribution in [0, 0.1) is 0 Å². The Bertz CT molecular complexity index is 515. The van der Waals surface area contributed by atoms with E-state index in [2.05, 4.69) is 74.4 Å². The first kappa shape index (κ1) is 20.9. The van der Waals surface area contributed by atoms with E-state index in [4.69, 9.17) is 26.9 Å². The molecule has 0 aliphatic carbocycles. The number of rotatable bonds is 1. The first-order chi connectivity index (χ1) is 9.45. The van der Waals surface area contributed by atoms with E-state index in [9.17, 15) is 0 Å². The summed E-state index contributed by atoms with van der Waals surface area (Å²) < 4.78 is 1.03. The summed E-state index contributed by atoms with van der Waals surface area (Å²) in [5.41, 5.74) is 3.68. The molecule has 0 radical (unpaired) electrons. The zero-order valence-electron chi connectivity index (χ0n) is 15.2. The average molecular weight is 479 g/mol. The molecule has 0 nitrogen and oxygen atoms in total. The van der Waals surface area contributed by atoms with E-state index >= 15 is 0 Å². The minimum absolute atomic E-state index is 0.0492. The molecular formula is C18H29Cl3Te. The third kappa shape index (κ3) is 4.94. The van der Waals surface area contributed by atoms with Crippen molar-refractivity contribution in [2.45, 2.75) is 78.6 Å². The summed E-state index contributed by atoms with van der Waals surface area (Å²) in [7, 11) is 19.7. The predicted octanol–water partition coefficient (Wildman–Crippen LogP) is 6.44. The molecule has 4 heteroatoms. The molecule has 0 N–H and O–H groups in total. The Labute approximate surface area is 151 Å². The SMILES string of the molecule is CC(C)(C)c1cc(C(C)(C)C)c([Te](Cl)(Cl)Cl)c(C(C)(C)C)c1. The van der Waals surface area contributed by atoms with Gasteiger partial charge in [-0.05, 0) is 0 Å². The van der Waals surface area contributed by atoms with Gasteiger partial charge >= 0.3 is 153 Å². The van der Waals surface area contributed by atoms with Crippen molar-refractivity contribution in [3.8, 4) is 0 Å². The molecule has 0 unspecified atom stereocenters. The van der Waals surface area contributed by atoms with E-state index in [-0.39, 0.29) is 16.2 Å². The third-order valence-corrected chi connectivity index (χ3v) is 9.48. The van der Waals surface area contributed by atoms with Crippen molar-refractivity contribution >= 4 is 45.3 Å². The summed E-state index contributed by atoms with van der Waals surface area (Å²) in [6, 6.07) is 4.52. The summed E-state index contributed by atoms with van der Waals surface area (Å²) in [5.74, 6) is 0. The zero-order chi connectivity index (χ0) is 17.7. The fourth-order valence-corrected chi connectivity index (χ4v) is 9.28. The second-order valence-electron chi connectivity index (χ2n) is 9.06. The van der Waals surface area contributed by atoms with Crippen LogP contribution in [0.4, 0.5) is 0 Å². The van der Waals surface area contributed by atoms with Crippen LogP contribution in [0.3, 0.4) is 0 Å². The topological polar surface area (TPSA) is 0 Å². The second-order valence-corrected chi connectivity index (χ2v) is 25.0. The van der Waals surface area contributed by atoms with Gasteiger partial charge in [0.25, 0.3) is 0 Å². The van der Waals surface area contributed by atoms with Gasteiger partial charge in [0.2, 0.25) is 0 Å². The van der Waals surface area contributed by atoms with Crippen molar-refractivity contribution in [1.29, 1.82) is 0 Å². The Morgan fingerprint density at radius 2 is 0.955 bits per heavy atom. The van der Waals surface area contributed by atoms with E-state index in [1.54, 1.807) is 0 Å². The van der Waals surface area contributed by atoms with Gasteiger partial charge in [-0.15, -0.1) is 0 Å². The maximum absolute atomic E-state index is 6.57. The van der Waals surface area contributed by atoms with Crippen LogP contribution < -0.4 is 3.61 Å². The van der Waals surface area contributed by atoms with Crippen molar-refractivity contribution in [2.75, 3.05) is 0 Å². The molecule has 0 spiro atoms. The summed E-state index contributed by atoms with van der Waals surface area (Å²) in [5, 5.41) is 0. The van der Waals surface area contributed by atoms with Crippen LogP contribution in [-0.4, -0.2) is 14.8 Å². The van der Waals surface area contributed by atoms with Crippen LogP contribution in [0.5, 0.6) is 0 Å². The van der Waals surface area contributed by atoms with Crippen molar-refractivity contribution in [3.63, 3.8) is 0 Å². The quantitative estimate of drug-likeness (QED) is 0.407. The fourth-order valence-electron chi connectivity index (χ4n) is 2.43. The zero-order valence-corrected chi connectivity index (χ0v) is 19.8. The molecule has 0 aliphatic rings. The molecule has 1 aromatic carbocycles. The predicted molar refractivity (Wildman–Crippen MR) is 105 cm³/mol. The standard InChI is InChI=1S/C18H29Cl3Te/c1-16(2,3)12-10-13(17(4,5)6)15(22(19,20)21)14(11-12)18(7,8)9/h10-11H,1-9H3. The second kappa shape index (κ2) is 6.31. The molecule has 0 fully saturated rings. The number of benzene rings is 1. The van der Waals surface area contributed by atoms with Gasteiger partial charge in [-0.1, -0.05) is 0 Å². The molecule has 1 aromatic rings. The monoisotopic (exact) mass is 480 g/mol. The van der Waals surface area contributed by atoms with Crippen molar-refractivity contribution in [2.24, 2.45) is 0 Å². The Hall–Kier alpha value is 0.880. The molecule has 22 heavy (non-hydrogen) atoms. The van der Waals surface area contributed by atoms with Crippen molar-refractivity contribution in [1.82, 2.24) is 0 Å². The van der Waals surface area contributed by atoms with E-state index in [0.29, 0.717) is 0 Å². The van der Waals surface area contributed by atoms with Crippen molar-refractivity contribution < 1.29 is 0 Å². The number of halogens is 3. The maximum atomic E-state index is 6.57. The molecule has 0 saturated carbocycles. The van der Waals surface area contributed by atoms with Crippen molar-refractivity contribution in [3.05, 3.63) is 28.8 Å². The summed E-state index contributed by atoms with van der Waals surface area (Å²) >= 11 is -3.59. The molecule has 0 bridgehead atoms. The number of hydrogen-bond acceptors (Lipinski definition) is 0. The summed E-state index contributed by atoms with van der Waals surface area (Å²) in [6.45, 7) is 19.9. The Morgan fingerprint density at radius 3 is 1.14 bits per heavy atom. The Morgan fingerprint density at radius 1 is 0.636 bits per heavy atom. The molecule has 1 rings (SSSR count). The van der Waals surface area contributed by atoms with Crippen LogP contribution in [0.2, 0.25) is 0 Å². The minimum atomic E-state index is -3.59. The first-order valence-corrected chi connectivity index (χ1v) is 17.6. The average Bonchev–Trinajstić information content (AvgIpc) is 2.22. The third-order valence-electron chi connectivity index (χ3n) is 3.80. The van der Waals surface area contributed by atoms with Gasteiger partial charge in [0.15, 0.2) is 0 Å². The van der Waals surface area contributed by atoms with Gasteiger partial charge in [-0.3, -0.25) is 0 Å². The molecule has 0 atom stereocenters. The van der Waals surface area contributed by atoms with Gasteiger partial charge in [-0.2, -0.15) is 0 Å². The van der Waals surface area contributed by atoms with Crippen LogP contribution in [-0.2, 0) is 16.2 Å². The molecule has 0 aromatic heterocycles. The molecule has 0 amide bonds. The van der Waals surface area contributed by atoms with Gasteiger partial charge in [-0.25, -0.2) is 0 Å². The molecule has 0 heterocycles. The van der Waals surface area contributed by atoms with E-state index in [0.717, 1.165) is 3.61 Å². The molecule has 0 saturated heterocycles. The van der Waals surface area contributed by atoms with Gasteiger partial charge < -0.3 is 0 Å². The van der Waals surface area contributed by atoms with Crippen LogP contribution >= 0.6 is 26.9 Å². The number of hydrogen-bond donors (Lipinski definition) is 0. The fraction of sp³-hybridized carbons (Fsp3) is 0.667. The molecular weight excluding hydrogens is 450 g/mol. The Balaban J connectivity index is 3.96. The first-order valence-electron chi connectivity index (χ1n) is 7.57. The van der Waals surface area contributed by atoms with Gasteiger partial charge in [0, 0.05) is 0 Å². The summed E-state index contributed by atoms with van der Waals surface area (Å²) in [6.07, 6.45) is 0. The van der Waals surface area contributed by atoms with E-state index in [1.807, 2.05) is 0 Å². The van der Waals surface area contributed by atoms with Crippen LogP contribution in [0.25, 0.3) is 0 Å². The van der Waals surface area contributed by atoms with E-state index < -0.39 is 14.8 Å².